The van der Waals surface area contributed by atoms with Crippen LogP contribution in [0, 0.1) is 5.41 Å². The predicted octanol–water partition coefficient (Wildman–Crippen LogP) is 3.12. The summed E-state index contributed by atoms with van der Waals surface area (Å²) in [5.41, 5.74) is 0.268. The molecule has 1 aromatic carbocycles. The molecule has 14 heavy (non-hydrogen) atoms. The Morgan fingerprint density at radius 3 is 2.57 bits per heavy atom. The Bertz CT molecular complexity index is 323. The summed E-state index contributed by atoms with van der Waals surface area (Å²) < 4.78 is 5.17. The Labute approximate surface area is 87.9 Å². The summed E-state index contributed by atoms with van der Waals surface area (Å²) >= 11 is 0. The van der Waals surface area contributed by atoms with Crippen molar-refractivity contribution in [2.45, 2.75) is 20.8 Å². The molecule has 0 fully saturated rings. The number of benzene rings is 1. The Hall–Kier alpha value is -0.810. The van der Waals surface area contributed by atoms with E-state index in [0.29, 0.717) is 0 Å². The lowest BCUT2D eigenvalue weighted by atomic mass is 10.0. The van der Waals surface area contributed by atoms with Crippen LogP contribution in [0.4, 0.5) is 0 Å². The molecule has 0 bridgehead atoms. The van der Waals surface area contributed by atoms with E-state index in [0.717, 1.165) is 5.75 Å². The smallest absolute Gasteiger partial charge is 0.119 e. The maximum Gasteiger partial charge on any atom is 0.119 e. The van der Waals surface area contributed by atoms with Gasteiger partial charge in [0.1, 0.15) is 5.75 Å². The minimum atomic E-state index is 0.268. The Balaban J connectivity index is 2.82. The van der Waals surface area contributed by atoms with E-state index in [4.69, 9.17) is 4.74 Å². The highest BCUT2D eigenvalue weighted by molar-refractivity contribution is 7.47. The summed E-state index contributed by atoms with van der Waals surface area (Å²) in [6.45, 7) is 6.63. The van der Waals surface area contributed by atoms with Gasteiger partial charge in [-0.05, 0) is 17.5 Å². The van der Waals surface area contributed by atoms with Gasteiger partial charge in [0.25, 0.3) is 0 Å². The number of rotatable bonds is 2. The van der Waals surface area contributed by atoms with Gasteiger partial charge in [-0.25, -0.2) is 0 Å². The number of ether oxygens (including phenoxy) is 1. The van der Waals surface area contributed by atoms with Gasteiger partial charge in [-0.2, -0.15) is 0 Å². The second kappa shape index (κ2) is 4.61. The van der Waals surface area contributed by atoms with Crippen LogP contribution in [0.1, 0.15) is 20.8 Å². The molecule has 0 aliphatic rings. The standard InChI is InChI=1S/C12H17OP/c1-12(2,3)9-14-11-7-5-6-10(8-11)13-4/h5-9H,1-4H3. The van der Waals surface area contributed by atoms with Crippen LogP contribution in [-0.2, 0) is 0 Å². The Morgan fingerprint density at radius 1 is 1.29 bits per heavy atom. The van der Waals surface area contributed by atoms with Crippen LogP contribution >= 0.6 is 8.20 Å². The topological polar surface area (TPSA) is 9.23 Å². The van der Waals surface area contributed by atoms with Crippen molar-refractivity contribution in [2.24, 2.45) is 5.41 Å². The van der Waals surface area contributed by atoms with Crippen molar-refractivity contribution in [3.63, 3.8) is 0 Å². The van der Waals surface area contributed by atoms with Crippen LogP contribution < -0.4 is 10.0 Å². The zero-order valence-electron chi connectivity index (χ0n) is 9.24. The highest BCUT2D eigenvalue weighted by Gasteiger charge is 2.03. The molecule has 1 rings (SSSR count). The van der Waals surface area contributed by atoms with Crippen LogP contribution in [0.15, 0.2) is 24.3 Å². The minimum Gasteiger partial charge on any atom is -0.497 e. The molecular formula is C12H17OP. The van der Waals surface area contributed by atoms with Crippen LogP contribution in [-0.4, -0.2) is 12.9 Å². The van der Waals surface area contributed by atoms with E-state index in [1.807, 2.05) is 12.1 Å². The van der Waals surface area contributed by atoms with Gasteiger partial charge in [-0.1, -0.05) is 46.9 Å². The molecule has 2 heteroatoms. The molecule has 76 valence electrons. The average Bonchev–Trinajstić information content (AvgIpc) is 2.14. The normalized spacial score (nSPS) is 12.0. The van der Waals surface area contributed by atoms with Crippen molar-refractivity contribution >= 4 is 19.3 Å². The van der Waals surface area contributed by atoms with Gasteiger partial charge in [0.15, 0.2) is 0 Å². The van der Waals surface area contributed by atoms with E-state index in [-0.39, 0.29) is 5.41 Å². The molecule has 0 aliphatic carbocycles. The molecule has 0 unspecified atom stereocenters. The van der Waals surface area contributed by atoms with Gasteiger partial charge < -0.3 is 4.74 Å². The lowest BCUT2D eigenvalue weighted by molar-refractivity contribution is 0.415. The quantitative estimate of drug-likeness (QED) is 0.678. The van der Waals surface area contributed by atoms with Gasteiger partial charge in [-0.15, -0.1) is 0 Å². The summed E-state index contributed by atoms with van der Waals surface area (Å²) in [6, 6.07) is 8.18. The molecule has 0 amide bonds. The van der Waals surface area contributed by atoms with E-state index >= 15 is 0 Å². The first-order chi connectivity index (χ1) is 6.51. The number of hydrogen-bond acceptors (Lipinski definition) is 1. The molecule has 0 saturated heterocycles. The van der Waals surface area contributed by atoms with Gasteiger partial charge in [0.2, 0.25) is 0 Å². The molecule has 0 N–H and O–H groups in total. The predicted molar refractivity (Wildman–Crippen MR) is 65.1 cm³/mol. The lowest BCUT2D eigenvalue weighted by Crippen LogP contribution is -2.05. The Morgan fingerprint density at radius 2 is 2.00 bits per heavy atom. The van der Waals surface area contributed by atoms with Crippen molar-refractivity contribution in [3.8, 4) is 5.75 Å². The molecule has 0 radical (unpaired) electrons. The molecule has 0 aromatic heterocycles. The second-order valence-electron chi connectivity index (χ2n) is 4.33. The largest absolute Gasteiger partial charge is 0.497 e. The third-order valence-electron chi connectivity index (χ3n) is 1.65. The summed E-state index contributed by atoms with van der Waals surface area (Å²) in [4.78, 5) is 0. The van der Waals surface area contributed by atoms with Crippen molar-refractivity contribution in [2.75, 3.05) is 7.11 Å². The first-order valence-corrected chi connectivity index (χ1v) is 5.67. The van der Waals surface area contributed by atoms with Crippen LogP contribution in [0.25, 0.3) is 0 Å². The van der Waals surface area contributed by atoms with E-state index in [9.17, 15) is 0 Å². The van der Waals surface area contributed by atoms with Gasteiger partial charge in [-0.3, -0.25) is 0 Å². The monoisotopic (exact) mass is 208 g/mol. The second-order valence-corrected chi connectivity index (χ2v) is 5.36. The van der Waals surface area contributed by atoms with Crippen molar-refractivity contribution < 1.29 is 4.74 Å². The fourth-order valence-corrected chi connectivity index (χ4v) is 1.87. The Kier molecular flexibility index (Phi) is 3.71. The molecule has 1 nitrogen and oxygen atoms in total. The average molecular weight is 208 g/mol. The zero-order chi connectivity index (χ0) is 10.6. The van der Waals surface area contributed by atoms with Crippen LogP contribution in [0.3, 0.4) is 0 Å². The van der Waals surface area contributed by atoms with Crippen molar-refractivity contribution in [3.05, 3.63) is 24.3 Å². The molecular weight excluding hydrogens is 191 g/mol. The summed E-state index contributed by atoms with van der Waals surface area (Å²) in [5, 5.41) is 1.28. The third-order valence-corrected chi connectivity index (χ3v) is 3.13. The summed E-state index contributed by atoms with van der Waals surface area (Å²) in [6.07, 6.45) is 0. The fourth-order valence-electron chi connectivity index (χ4n) is 0.959. The molecule has 1 aromatic rings. The van der Waals surface area contributed by atoms with E-state index in [1.54, 1.807) is 7.11 Å². The SMILES string of the molecule is COc1cccc(P=CC(C)(C)C)c1. The summed E-state index contributed by atoms with van der Waals surface area (Å²) in [5.74, 6) is 3.22. The van der Waals surface area contributed by atoms with Crippen molar-refractivity contribution in [1.29, 1.82) is 0 Å². The number of methoxy groups -OCH3 is 1. The molecule has 0 atom stereocenters. The van der Waals surface area contributed by atoms with E-state index < -0.39 is 0 Å². The van der Waals surface area contributed by atoms with Crippen LogP contribution in [0.2, 0.25) is 0 Å². The van der Waals surface area contributed by atoms with Gasteiger partial charge in [0, 0.05) is 5.30 Å². The first kappa shape index (κ1) is 11.3. The minimum absolute atomic E-state index is 0.268. The molecule has 0 saturated carbocycles. The maximum absolute atomic E-state index is 5.17. The van der Waals surface area contributed by atoms with E-state index in [1.165, 1.54) is 13.5 Å². The molecule has 0 heterocycles. The highest BCUT2D eigenvalue weighted by atomic mass is 31.1. The fraction of sp³-hybridized carbons (Fsp3) is 0.417. The van der Waals surface area contributed by atoms with Gasteiger partial charge >= 0.3 is 0 Å². The third kappa shape index (κ3) is 3.93. The van der Waals surface area contributed by atoms with Gasteiger partial charge in [0.05, 0.1) is 7.11 Å². The first-order valence-electron chi connectivity index (χ1n) is 4.70. The zero-order valence-corrected chi connectivity index (χ0v) is 10.1. The summed E-state index contributed by atoms with van der Waals surface area (Å²) in [7, 11) is 2.95. The van der Waals surface area contributed by atoms with Crippen LogP contribution in [0.5, 0.6) is 5.75 Å². The highest BCUT2D eigenvalue weighted by Crippen LogP contribution is 2.15. The van der Waals surface area contributed by atoms with E-state index in [2.05, 4.69) is 38.7 Å². The molecule has 0 aliphatic heterocycles. The molecule has 0 spiro atoms. The lowest BCUT2D eigenvalue weighted by Gasteiger charge is -2.10. The van der Waals surface area contributed by atoms with Crippen molar-refractivity contribution in [1.82, 2.24) is 0 Å². The maximum atomic E-state index is 5.17. The number of hydrogen-bond donors (Lipinski definition) is 0.